The van der Waals surface area contributed by atoms with Crippen LogP contribution in [0.25, 0.3) is 0 Å². The van der Waals surface area contributed by atoms with Crippen molar-refractivity contribution in [3.05, 3.63) is 29.8 Å². The van der Waals surface area contributed by atoms with Gasteiger partial charge in [0.25, 0.3) is 11.8 Å². The van der Waals surface area contributed by atoms with Crippen LogP contribution in [0, 0.1) is 0 Å². The van der Waals surface area contributed by atoms with Crippen molar-refractivity contribution in [2.45, 2.75) is 70.4 Å². The maximum atomic E-state index is 13.3. The maximum Gasteiger partial charge on any atom is 0.415 e. The molecule has 0 radical (unpaired) electrons. The van der Waals surface area contributed by atoms with Crippen LogP contribution >= 0.6 is 10.8 Å². The van der Waals surface area contributed by atoms with Gasteiger partial charge in [-0.15, -0.1) is 5.06 Å². The molecule has 0 saturated carbocycles. The van der Waals surface area contributed by atoms with E-state index in [2.05, 4.69) is 5.32 Å². The number of benzene rings is 1. The summed E-state index contributed by atoms with van der Waals surface area (Å²) >= 11 is 0. The summed E-state index contributed by atoms with van der Waals surface area (Å²) in [6, 6.07) is 5.47. The minimum absolute atomic E-state index is 0.0267. The zero-order chi connectivity index (χ0) is 41.1. The second-order valence-electron chi connectivity index (χ2n) is 13.3. The summed E-state index contributed by atoms with van der Waals surface area (Å²) in [5.74, 6) is -2.37. The van der Waals surface area contributed by atoms with E-state index < -0.39 is 50.8 Å². The molecule has 20 heteroatoms. The highest BCUT2D eigenvalue weighted by Crippen LogP contribution is 2.18. The molecule has 1 aromatic rings. The molecule has 6 amide bonds. The van der Waals surface area contributed by atoms with Crippen LogP contribution in [-0.4, -0.2) is 154 Å². The lowest BCUT2D eigenvalue weighted by atomic mass is 10.1. The SMILES string of the molecule is CN(C)CCN(C)C(=O)Oc1ccc(COC(=O)N(C)CCCNC(=O)[C@H](CCC(=O)ON2C(=O)CCC2=O)N(C)C(=O)CCCCCSS(C)(=O)=O)cc1. The van der Waals surface area contributed by atoms with E-state index in [1.54, 1.807) is 31.3 Å². The van der Waals surface area contributed by atoms with Crippen molar-refractivity contribution in [2.24, 2.45) is 0 Å². The van der Waals surface area contributed by atoms with Gasteiger partial charge in [0, 0.05) is 78.6 Å². The fourth-order valence-electron chi connectivity index (χ4n) is 4.94. The van der Waals surface area contributed by atoms with E-state index in [0.29, 0.717) is 60.9 Å². The summed E-state index contributed by atoms with van der Waals surface area (Å²) in [6.45, 7) is 1.51. The number of nitrogens with one attached hydrogen (secondary N) is 1. The van der Waals surface area contributed by atoms with Crippen molar-refractivity contribution in [3.8, 4) is 5.75 Å². The maximum absolute atomic E-state index is 13.3. The first-order valence-electron chi connectivity index (χ1n) is 17.9. The van der Waals surface area contributed by atoms with E-state index in [0.717, 1.165) is 17.0 Å². The van der Waals surface area contributed by atoms with Gasteiger partial charge in [0.2, 0.25) is 11.8 Å². The lowest BCUT2D eigenvalue weighted by Crippen LogP contribution is -2.48. The van der Waals surface area contributed by atoms with Crippen LogP contribution in [0.15, 0.2) is 24.3 Å². The summed E-state index contributed by atoms with van der Waals surface area (Å²) in [5, 5.41) is 3.15. The van der Waals surface area contributed by atoms with Gasteiger partial charge in [-0.05, 0) is 68.3 Å². The fourth-order valence-corrected chi connectivity index (χ4v) is 6.83. The number of nitrogens with zero attached hydrogens (tertiary/aromatic N) is 5. The molecule has 0 spiro atoms. The van der Waals surface area contributed by atoms with E-state index in [-0.39, 0.29) is 57.7 Å². The zero-order valence-corrected chi connectivity index (χ0v) is 34.1. The number of unbranched alkanes of at least 4 members (excludes halogenated alkanes) is 2. The smallest absolute Gasteiger partial charge is 0.415 e. The van der Waals surface area contributed by atoms with Crippen LogP contribution < -0.4 is 10.1 Å². The quantitative estimate of drug-likeness (QED) is 0.0955. The number of rotatable bonds is 23. The monoisotopic (exact) mass is 814 g/mol. The lowest BCUT2D eigenvalue weighted by molar-refractivity contribution is -0.197. The topological polar surface area (TPSA) is 210 Å². The third kappa shape index (κ3) is 18.2. The van der Waals surface area contributed by atoms with Gasteiger partial charge in [0.1, 0.15) is 18.4 Å². The molecular weight excluding hydrogens is 761 g/mol. The zero-order valence-electron chi connectivity index (χ0n) is 32.4. The largest absolute Gasteiger partial charge is 0.445 e. The first kappa shape index (κ1) is 46.7. The Morgan fingerprint density at radius 2 is 1.47 bits per heavy atom. The van der Waals surface area contributed by atoms with Crippen molar-refractivity contribution < 1.29 is 56.3 Å². The second-order valence-corrected chi connectivity index (χ2v) is 17.9. The highest BCUT2D eigenvalue weighted by Gasteiger charge is 2.34. The fraction of sp³-hybridized carbons (Fsp3) is 0.629. The Balaban J connectivity index is 1.85. The average Bonchev–Trinajstić information content (AvgIpc) is 3.44. The summed E-state index contributed by atoms with van der Waals surface area (Å²) in [5.41, 5.74) is 0.674. The highest BCUT2D eigenvalue weighted by molar-refractivity contribution is 8.71. The Morgan fingerprint density at radius 1 is 0.836 bits per heavy atom. The molecule has 1 aromatic carbocycles. The van der Waals surface area contributed by atoms with E-state index in [9.17, 15) is 42.0 Å². The van der Waals surface area contributed by atoms with Gasteiger partial charge in [-0.2, -0.15) is 0 Å². The van der Waals surface area contributed by atoms with Gasteiger partial charge in [-0.1, -0.05) is 18.6 Å². The molecule has 1 N–H and O–H groups in total. The van der Waals surface area contributed by atoms with Gasteiger partial charge >= 0.3 is 18.2 Å². The predicted octanol–water partition coefficient (Wildman–Crippen LogP) is 2.22. The van der Waals surface area contributed by atoms with Crippen molar-refractivity contribution in [2.75, 3.05) is 73.4 Å². The van der Waals surface area contributed by atoms with Gasteiger partial charge in [-0.3, -0.25) is 19.2 Å². The van der Waals surface area contributed by atoms with Gasteiger partial charge in [0.05, 0.1) is 6.42 Å². The number of carbonyl (C=O) groups is 7. The molecule has 1 saturated heterocycles. The Hall–Kier alpha value is -4.43. The number of carbonyl (C=O) groups excluding carboxylic acids is 7. The number of ether oxygens (including phenoxy) is 2. The second kappa shape index (κ2) is 23.5. The van der Waals surface area contributed by atoms with Gasteiger partial charge in [0.15, 0.2) is 8.87 Å². The number of hydrogen-bond acceptors (Lipinski definition) is 14. The number of hydroxylamine groups is 2. The molecule has 0 unspecified atom stereocenters. The van der Waals surface area contributed by atoms with Crippen molar-refractivity contribution in [1.29, 1.82) is 0 Å². The minimum atomic E-state index is -3.15. The normalized spacial score (nSPS) is 13.3. The minimum Gasteiger partial charge on any atom is -0.445 e. The molecule has 1 aliphatic rings. The average molecular weight is 815 g/mol. The highest BCUT2D eigenvalue weighted by atomic mass is 33.1. The number of imide groups is 1. The van der Waals surface area contributed by atoms with E-state index in [1.165, 1.54) is 28.8 Å². The Labute approximate surface area is 326 Å². The summed E-state index contributed by atoms with van der Waals surface area (Å²) < 4.78 is 33.4. The van der Waals surface area contributed by atoms with Gasteiger partial charge < -0.3 is 39.2 Å². The molecule has 1 aliphatic heterocycles. The molecule has 1 heterocycles. The van der Waals surface area contributed by atoms with E-state index >= 15 is 0 Å². The Morgan fingerprint density at radius 3 is 2.09 bits per heavy atom. The summed E-state index contributed by atoms with van der Waals surface area (Å²) in [4.78, 5) is 98.2. The Kier molecular flexibility index (Phi) is 19.9. The van der Waals surface area contributed by atoms with Crippen LogP contribution in [0.1, 0.15) is 63.4 Å². The standard InChI is InChI=1S/C35H54N6O12S2/c1-37(2)22-23-39(4)35(48)52-27-14-12-26(13-15-27)25-51-34(47)38(3)21-10-20-36-33(46)28(16-19-32(45)53-41-30(43)17-18-31(41)44)40(5)29(42)11-8-7-9-24-54-55(6,49)50/h12-15,28H,7-11,16-25H2,1-6H3,(H,36,46)/t28-/m0/s1. The van der Waals surface area contributed by atoms with E-state index in [4.69, 9.17) is 14.3 Å². The molecule has 0 bridgehead atoms. The van der Waals surface area contributed by atoms with Crippen LogP contribution in [0.2, 0.25) is 0 Å². The van der Waals surface area contributed by atoms with E-state index in [1.807, 2.05) is 19.0 Å². The van der Waals surface area contributed by atoms with Crippen molar-refractivity contribution in [3.63, 3.8) is 0 Å². The van der Waals surface area contributed by atoms with Crippen LogP contribution in [-0.2, 0) is 49.0 Å². The molecule has 18 nitrogen and oxygen atoms in total. The summed E-state index contributed by atoms with van der Waals surface area (Å²) in [7, 11) is 6.12. The predicted molar refractivity (Wildman–Crippen MR) is 203 cm³/mol. The molecule has 55 heavy (non-hydrogen) atoms. The molecule has 2 rings (SSSR count). The molecule has 308 valence electrons. The van der Waals surface area contributed by atoms with Crippen LogP contribution in [0.3, 0.4) is 0 Å². The van der Waals surface area contributed by atoms with Crippen molar-refractivity contribution in [1.82, 2.24) is 30.0 Å². The Bertz CT molecular complexity index is 1580. The number of hydrogen-bond donors (Lipinski definition) is 1. The van der Waals surface area contributed by atoms with Gasteiger partial charge in [-0.25, -0.2) is 22.8 Å². The number of amides is 6. The third-order valence-electron chi connectivity index (χ3n) is 8.28. The first-order valence-corrected chi connectivity index (χ1v) is 21.3. The third-order valence-corrected chi connectivity index (χ3v) is 11.0. The summed E-state index contributed by atoms with van der Waals surface area (Å²) in [6.07, 6.45) is 1.43. The molecule has 1 atom stereocenters. The molecule has 0 aromatic heterocycles. The molecule has 1 fully saturated rings. The molecular formula is C35H54N6O12S2. The molecule has 0 aliphatic carbocycles. The van der Waals surface area contributed by atoms with Crippen LogP contribution in [0.5, 0.6) is 5.75 Å². The lowest BCUT2D eigenvalue weighted by Gasteiger charge is -2.27. The first-order chi connectivity index (χ1) is 25.9. The van der Waals surface area contributed by atoms with Crippen LogP contribution in [0.4, 0.5) is 9.59 Å². The van der Waals surface area contributed by atoms with Crippen molar-refractivity contribution >= 4 is 61.4 Å². The number of likely N-dealkylation sites (N-methyl/N-ethyl adjacent to an activating group) is 3.